The SMILES string of the molecule is Cc1ccc(Nc2cncc(C(=O)N3CCC(C)CC3)c2)c(C)c1. The first kappa shape index (κ1) is 16.5. The summed E-state index contributed by atoms with van der Waals surface area (Å²) in [5, 5.41) is 3.37. The van der Waals surface area contributed by atoms with E-state index in [1.165, 1.54) is 11.1 Å². The van der Waals surface area contributed by atoms with Gasteiger partial charge in [-0.1, -0.05) is 24.6 Å². The van der Waals surface area contributed by atoms with Crippen molar-refractivity contribution in [2.75, 3.05) is 18.4 Å². The quantitative estimate of drug-likeness (QED) is 0.915. The van der Waals surface area contributed by atoms with Crippen molar-refractivity contribution in [3.05, 3.63) is 53.3 Å². The first-order chi connectivity index (χ1) is 11.5. The van der Waals surface area contributed by atoms with Gasteiger partial charge in [-0.15, -0.1) is 0 Å². The molecule has 4 heteroatoms. The Bertz CT molecular complexity index is 733. The number of nitrogens with one attached hydrogen (secondary N) is 1. The van der Waals surface area contributed by atoms with E-state index in [1.54, 1.807) is 12.4 Å². The molecule has 1 aliphatic rings. The minimum atomic E-state index is 0.0821. The average Bonchev–Trinajstić information content (AvgIpc) is 2.58. The second kappa shape index (κ2) is 7.04. The van der Waals surface area contributed by atoms with Crippen LogP contribution in [0.5, 0.6) is 0 Å². The van der Waals surface area contributed by atoms with Crippen LogP contribution in [0.25, 0.3) is 0 Å². The highest BCUT2D eigenvalue weighted by molar-refractivity contribution is 5.95. The van der Waals surface area contributed by atoms with Gasteiger partial charge in [0.15, 0.2) is 0 Å². The molecule has 0 saturated carbocycles. The second-order valence-electron chi connectivity index (χ2n) is 6.88. The minimum absolute atomic E-state index is 0.0821. The van der Waals surface area contributed by atoms with E-state index in [0.29, 0.717) is 11.5 Å². The predicted octanol–water partition coefficient (Wildman–Crippen LogP) is 4.31. The van der Waals surface area contributed by atoms with E-state index in [4.69, 9.17) is 0 Å². The van der Waals surface area contributed by atoms with E-state index in [0.717, 1.165) is 37.3 Å². The first-order valence-corrected chi connectivity index (χ1v) is 8.61. The highest BCUT2D eigenvalue weighted by Crippen LogP contribution is 2.23. The van der Waals surface area contributed by atoms with Crippen LogP contribution in [0, 0.1) is 19.8 Å². The molecule has 2 heterocycles. The fraction of sp³-hybridized carbons (Fsp3) is 0.400. The lowest BCUT2D eigenvalue weighted by Gasteiger charge is -2.30. The number of likely N-dealkylation sites (tertiary alicyclic amines) is 1. The van der Waals surface area contributed by atoms with Crippen molar-refractivity contribution in [2.24, 2.45) is 5.92 Å². The van der Waals surface area contributed by atoms with Crippen LogP contribution in [-0.4, -0.2) is 28.9 Å². The van der Waals surface area contributed by atoms with Gasteiger partial charge in [0, 0.05) is 25.0 Å². The molecule has 0 bridgehead atoms. The minimum Gasteiger partial charge on any atom is -0.354 e. The molecular weight excluding hydrogens is 298 g/mol. The maximum absolute atomic E-state index is 12.7. The molecule has 1 aromatic carbocycles. The lowest BCUT2D eigenvalue weighted by atomic mass is 9.99. The highest BCUT2D eigenvalue weighted by Gasteiger charge is 2.21. The van der Waals surface area contributed by atoms with Gasteiger partial charge < -0.3 is 10.2 Å². The number of benzene rings is 1. The van der Waals surface area contributed by atoms with Crippen LogP contribution < -0.4 is 5.32 Å². The number of carbonyl (C=O) groups excluding carboxylic acids is 1. The zero-order valence-corrected chi connectivity index (χ0v) is 14.7. The van der Waals surface area contributed by atoms with E-state index in [2.05, 4.69) is 49.3 Å². The van der Waals surface area contributed by atoms with Crippen LogP contribution in [0.15, 0.2) is 36.7 Å². The largest absolute Gasteiger partial charge is 0.354 e. The molecule has 0 radical (unpaired) electrons. The molecule has 4 nitrogen and oxygen atoms in total. The number of hydrogen-bond acceptors (Lipinski definition) is 3. The fourth-order valence-electron chi connectivity index (χ4n) is 3.13. The first-order valence-electron chi connectivity index (χ1n) is 8.61. The molecule has 1 fully saturated rings. The Morgan fingerprint density at radius 2 is 1.92 bits per heavy atom. The van der Waals surface area contributed by atoms with Gasteiger partial charge in [0.1, 0.15) is 0 Å². The molecule has 3 rings (SSSR count). The van der Waals surface area contributed by atoms with Gasteiger partial charge in [-0.2, -0.15) is 0 Å². The number of nitrogens with zero attached hydrogens (tertiary/aromatic N) is 2. The Morgan fingerprint density at radius 1 is 1.17 bits per heavy atom. The number of rotatable bonds is 3. The third-order valence-electron chi connectivity index (χ3n) is 4.72. The Morgan fingerprint density at radius 3 is 2.62 bits per heavy atom. The summed E-state index contributed by atoms with van der Waals surface area (Å²) in [6, 6.07) is 8.17. The topological polar surface area (TPSA) is 45.2 Å². The monoisotopic (exact) mass is 323 g/mol. The Labute approximate surface area is 143 Å². The van der Waals surface area contributed by atoms with Crippen LogP contribution >= 0.6 is 0 Å². The van der Waals surface area contributed by atoms with Crippen molar-refractivity contribution in [2.45, 2.75) is 33.6 Å². The Kier molecular flexibility index (Phi) is 4.84. The van der Waals surface area contributed by atoms with Gasteiger partial charge in [0.05, 0.1) is 17.4 Å². The lowest BCUT2D eigenvalue weighted by Crippen LogP contribution is -2.37. The number of hydrogen-bond donors (Lipinski definition) is 1. The van der Waals surface area contributed by atoms with E-state index in [9.17, 15) is 4.79 Å². The molecule has 24 heavy (non-hydrogen) atoms. The number of anilines is 2. The molecule has 0 spiro atoms. The van der Waals surface area contributed by atoms with Gasteiger partial charge in [0.2, 0.25) is 0 Å². The summed E-state index contributed by atoms with van der Waals surface area (Å²) in [5.74, 6) is 0.795. The van der Waals surface area contributed by atoms with Gasteiger partial charge in [-0.25, -0.2) is 0 Å². The molecule has 0 aliphatic carbocycles. The summed E-state index contributed by atoms with van der Waals surface area (Å²) >= 11 is 0. The van der Waals surface area contributed by atoms with Crippen LogP contribution in [0.4, 0.5) is 11.4 Å². The number of amides is 1. The molecule has 0 atom stereocenters. The van der Waals surface area contributed by atoms with Crippen LogP contribution in [0.3, 0.4) is 0 Å². The van der Waals surface area contributed by atoms with Crippen LogP contribution in [-0.2, 0) is 0 Å². The average molecular weight is 323 g/mol. The van der Waals surface area contributed by atoms with Gasteiger partial charge >= 0.3 is 0 Å². The number of aromatic nitrogens is 1. The Balaban J connectivity index is 1.75. The van der Waals surface area contributed by atoms with Crippen molar-refractivity contribution in [1.82, 2.24) is 9.88 Å². The second-order valence-corrected chi connectivity index (χ2v) is 6.88. The van der Waals surface area contributed by atoms with Gasteiger partial charge in [0.25, 0.3) is 5.91 Å². The number of pyridine rings is 1. The lowest BCUT2D eigenvalue weighted by molar-refractivity contribution is 0.0697. The molecule has 126 valence electrons. The third kappa shape index (κ3) is 3.75. The summed E-state index contributed by atoms with van der Waals surface area (Å²) in [4.78, 5) is 18.9. The standard InChI is InChI=1S/C20H25N3O/c1-14-6-8-23(9-7-14)20(24)17-11-18(13-21-12-17)22-19-5-4-15(2)10-16(19)3/h4-5,10-14,22H,6-9H2,1-3H3. The van der Waals surface area contributed by atoms with Crippen LogP contribution in [0.2, 0.25) is 0 Å². The fourth-order valence-corrected chi connectivity index (χ4v) is 3.13. The molecule has 1 amide bonds. The number of piperidine rings is 1. The number of aryl methyl sites for hydroxylation is 2. The molecule has 0 unspecified atom stereocenters. The maximum atomic E-state index is 12.7. The van der Waals surface area contributed by atoms with Crippen LogP contribution in [0.1, 0.15) is 41.3 Å². The number of carbonyl (C=O) groups is 1. The molecule has 1 aliphatic heterocycles. The third-order valence-corrected chi connectivity index (χ3v) is 4.72. The van der Waals surface area contributed by atoms with Gasteiger partial charge in [-0.05, 0) is 50.3 Å². The zero-order chi connectivity index (χ0) is 17.1. The van der Waals surface area contributed by atoms with E-state index in [-0.39, 0.29) is 5.91 Å². The van der Waals surface area contributed by atoms with Crippen molar-refractivity contribution in [3.63, 3.8) is 0 Å². The maximum Gasteiger partial charge on any atom is 0.255 e. The smallest absolute Gasteiger partial charge is 0.255 e. The molecule has 2 aromatic rings. The summed E-state index contributed by atoms with van der Waals surface area (Å²) < 4.78 is 0. The van der Waals surface area contributed by atoms with Crippen molar-refractivity contribution >= 4 is 17.3 Å². The summed E-state index contributed by atoms with van der Waals surface area (Å²) in [5.41, 5.74) is 4.95. The molecule has 1 saturated heterocycles. The molecular formula is C20H25N3O. The molecule has 1 aromatic heterocycles. The summed E-state index contributed by atoms with van der Waals surface area (Å²) in [6.45, 7) is 8.09. The van der Waals surface area contributed by atoms with Crippen molar-refractivity contribution < 1.29 is 4.79 Å². The highest BCUT2D eigenvalue weighted by atomic mass is 16.2. The van der Waals surface area contributed by atoms with E-state index < -0.39 is 0 Å². The predicted molar refractivity (Wildman–Crippen MR) is 97.7 cm³/mol. The van der Waals surface area contributed by atoms with Crippen molar-refractivity contribution in [3.8, 4) is 0 Å². The molecule has 1 N–H and O–H groups in total. The van der Waals surface area contributed by atoms with Crippen molar-refractivity contribution in [1.29, 1.82) is 0 Å². The summed E-state index contributed by atoms with van der Waals surface area (Å²) in [7, 11) is 0. The van der Waals surface area contributed by atoms with E-state index in [1.807, 2.05) is 11.0 Å². The van der Waals surface area contributed by atoms with Gasteiger partial charge in [-0.3, -0.25) is 9.78 Å². The normalized spacial score (nSPS) is 15.4. The summed E-state index contributed by atoms with van der Waals surface area (Å²) in [6.07, 6.45) is 5.58. The zero-order valence-electron chi connectivity index (χ0n) is 14.7. The Hall–Kier alpha value is -2.36. The van der Waals surface area contributed by atoms with E-state index >= 15 is 0 Å².